The second kappa shape index (κ2) is 16.1. The standard InChI is InChI=1S/C55H52N4/c1-38-49-35-50(49)46(43-23-16-28-48-47-27-12-14-30-54(47)59(55(48)34-43)44-24-9-4-10-25-44)32-31-42-22-11-13-29-53(42)58(38)45-26-15-17-39(33-45)37-57-52(41-20-7-3-8-21-41)36-51(56)40-18-5-2-6-19-40/h2-11,13-15,17-26,28-30,32-34,36,38,42,49-50,53H,12,16,27,31,35,37,56H2,1H3/b46-32-,51-36-,57-52?/t38?,42?,49?,50?,53-/m1/s1. The molecule has 4 aromatic carbocycles. The van der Waals surface area contributed by atoms with Crippen LogP contribution in [0.25, 0.3) is 29.6 Å². The molecule has 2 N–H and O–H groups in total. The zero-order valence-corrected chi connectivity index (χ0v) is 33.9. The first-order valence-electron chi connectivity index (χ1n) is 21.5. The van der Waals surface area contributed by atoms with E-state index in [4.69, 9.17) is 10.7 Å². The summed E-state index contributed by atoms with van der Waals surface area (Å²) in [6, 6.07) is 41.2. The van der Waals surface area contributed by atoms with Crippen LogP contribution in [0.5, 0.6) is 0 Å². The van der Waals surface area contributed by atoms with Crippen LogP contribution in [0.1, 0.15) is 60.6 Å². The van der Waals surface area contributed by atoms with Gasteiger partial charge in [0.25, 0.3) is 0 Å². The SMILES string of the molecule is CC1C2CC2/C(C2=CCC=c3c4c(n(-c5ccccc5)c3=C2)C=CCC4)=C\CC2C=CC=C[C@H]2N1c1cccc(CN=C(/C=C(\N)c2ccccc2)c2ccccc2)c1. The molecule has 59 heavy (non-hydrogen) atoms. The minimum absolute atomic E-state index is 0.264. The minimum Gasteiger partial charge on any atom is -0.398 e. The average Bonchev–Trinajstić information content (AvgIpc) is 4.06. The van der Waals surface area contributed by atoms with E-state index < -0.39 is 0 Å². The fourth-order valence-corrected chi connectivity index (χ4v) is 10.1. The fourth-order valence-electron chi connectivity index (χ4n) is 10.1. The van der Waals surface area contributed by atoms with Gasteiger partial charge in [0.2, 0.25) is 0 Å². The largest absolute Gasteiger partial charge is 0.398 e. The summed E-state index contributed by atoms with van der Waals surface area (Å²) in [6.07, 6.45) is 31.6. The van der Waals surface area contributed by atoms with Gasteiger partial charge in [-0.1, -0.05) is 140 Å². The summed E-state index contributed by atoms with van der Waals surface area (Å²) < 4.78 is 2.51. The number of nitrogens with zero attached hydrogens (tertiary/aromatic N) is 3. The van der Waals surface area contributed by atoms with Gasteiger partial charge in [0.15, 0.2) is 0 Å². The number of para-hydroxylation sites is 1. The third-order valence-corrected chi connectivity index (χ3v) is 13.1. The molecule has 2 heterocycles. The Bertz CT molecular complexity index is 2710. The van der Waals surface area contributed by atoms with Crippen molar-refractivity contribution in [2.24, 2.45) is 28.5 Å². The fraction of sp³-hybridized carbons (Fsp3) is 0.218. The highest BCUT2D eigenvalue weighted by molar-refractivity contribution is 6.12. The zero-order chi connectivity index (χ0) is 39.7. The van der Waals surface area contributed by atoms with Crippen molar-refractivity contribution in [3.63, 3.8) is 0 Å². The Hall–Kier alpha value is -6.39. The van der Waals surface area contributed by atoms with Gasteiger partial charge in [-0.15, -0.1) is 0 Å². The highest BCUT2D eigenvalue weighted by atomic mass is 15.2. The van der Waals surface area contributed by atoms with Crippen molar-refractivity contribution in [2.75, 3.05) is 4.90 Å². The zero-order valence-electron chi connectivity index (χ0n) is 33.9. The van der Waals surface area contributed by atoms with Crippen LogP contribution in [0.15, 0.2) is 180 Å². The number of aromatic nitrogens is 1. The number of fused-ring (bicyclic) bond motifs is 5. The number of hydrogen-bond donors (Lipinski definition) is 1. The van der Waals surface area contributed by atoms with Crippen LogP contribution in [0, 0.1) is 17.8 Å². The summed E-state index contributed by atoms with van der Waals surface area (Å²) in [6.45, 7) is 3.04. The first-order valence-corrected chi connectivity index (χ1v) is 21.5. The van der Waals surface area contributed by atoms with Crippen molar-refractivity contribution in [3.05, 3.63) is 214 Å². The predicted octanol–water partition coefficient (Wildman–Crippen LogP) is 10.3. The third-order valence-electron chi connectivity index (χ3n) is 13.1. The maximum atomic E-state index is 6.64. The molecule has 4 aliphatic carbocycles. The maximum Gasteiger partial charge on any atom is 0.0671 e. The van der Waals surface area contributed by atoms with Crippen LogP contribution in [0.2, 0.25) is 0 Å². The van der Waals surface area contributed by atoms with Crippen LogP contribution < -0.4 is 21.2 Å². The molecule has 10 rings (SSSR count). The molecule has 4 nitrogen and oxygen atoms in total. The number of anilines is 1. The first kappa shape index (κ1) is 36.9. The lowest BCUT2D eigenvalue weighted by Gasteiger charge is -2.41. The minimum atomic E-state index is 0.264. The lowest BCUT2D eigenvalue weighted by atomic mass is 9.88. The summed E-state index contributed by atoms with van der Waals surface area (Å²) in [7, 11) is 0. The van der Waals surface area contributed by atoms with Crippen molar-refractivity contribution in [1.82, 2.24) is 4.57 Å². The molecule has 4 unspecified atom stereocenters. The van der Waals surface area contributed by atoms with Crippen LogP contribution in [-0.4, -0.2) is 22.4 Å². The highest BCUT2D eigenvalue weighted by Crippen LogP contribution is 2.53. The van der Waals surface area contributed by atoms with Crippen molar-refractivity contribution in [2.45, 2.75) is 57.7 Å². The molecule has 1 aliphatic heterocycles. The number of rotatable bonds is 8. The Labute approximate surface area is 348 Å². The molecule has 4 heteroatoms. The van der Waals surface area contributed by atoms with E-state index >= 15 is 0 Å². The van der Waals surface area contributed by atoms with E-state index in [9.17, 15) is 0 Å². The Kier molecular flexibility index (Phi) is 10.1. The Morgan fingerprint density at radius 2 is 1.56 bits per heavy atom. The Morgan fingerprint density at radius 1 is 0.814 bits per heavy atom. The predicted molar refractivity (Wildman–Crippen MR) is 248 cm³/mol. The molecule has 292 valence electrons. The molecule has 5 aromatic rings. The third kappa shape index (κ3) is 7.33. The van der Waals surface area contributed by atoms with Gasteiger partial charge in [-0.25, -0.2) is 0 Å². The Morgan fingerprint density at radius 3 is 2.37 bits per heavy atom. The molecular weight excluding hydrogens is 717 g/mol. The lowest BCUT2D eigenvalue weighted by molar-refractivity contribution is 0.459. The molecule has 0 spiro atoms. The quantitative estimate of drug-likeness (QED) is 0.160. The van der Waals surface area contributed by atoms with Gasteiger partial charge in [-0.05, 0) is 127 Å². The Balaban J connectivity index is 0.977. The highest BCUT2D eigenvalue weighted by Gasteiger charge is 2.48. The average molecular weight is 769 g/mol. The molecule has 0 radical (unpaired) electrons. The molecule has 0 saturated heterocycles. The van der Waals surface area contributed by atoms with Crippen LogP contribution in [-0.2, 0) is 13.0 Å². The summed E-state index contributed by atoms with van der Waals surface area (Å²) >= 11 is 0. The van der Waals surface area contributed by atoms with E-state index in [1.165, 1.54) is 50.8 Å². The second-order valence-electron chi connectivity index (χ2n) is 16.7. The molecule has 1 fully saturated rings. The first-order chi connectivity index (χ1) is 29.1. The van der Waals surface area contributed by atoms with E-state index in [2.05, 4.69) is 156 Å². The van der Waals surface area contributed by atoms with Crippen molar-refractivity contribution in [1.29, 1.82) is 0 Å². The lowest BCUT2D eigenvalue weighted by Crippen LogP contribution is -2.46. The van der Waals surface area contributed by atoms with Gasteiger partial charge >= 0.3 is 0 Å². The van der Waals surface area contributed by atoms with E-state index in [1.807, 2.05) is 42.5 Å². The van der Waals surface area contributed by atoms with Gasteiger partial charge in [-0.2, -0.15) is 0 Å². The van der Waals surface area contributed by atoms with E-state index in [1.54, 1.807) is 5.57 Å². The van der Waals surface area contributed by atoms with Gasteiger partial charge in [-0.3, -0.25) is 4.99 Å². The van der Waals surface area contributed by atoms with Gasteiger partial charge in [0.05, 0.1) is 23.6 Å². The normalized spacial score (nSPS) is 24.3. The van der Waals surface area contributed by atoms with Gasteiger partial charge < -0.3 is 15.2 Å². The molecule has 1 aromatic heterocycles. The van der Waals surface area contributed by atoms with Crippen molar-refractivity contribution >= 4 is 35.3 Å². The molecule has 1 saturated carbocycles. The second-order valence-corrected chi connectivity index (χ2v) is 16.7. The van der Waals surface area contributed by atoms with Crippen LogP contribution in [0.3, 0.4) is 0 Å². The summed E-state index contributed by atoms with van der Waals surface area (Å²) in [5.74, 6) is 1.46. The monoisotopic (exact) mass is 768 g/mol. The number of allylic oxidation sites excluding steroid dienone is 8. The molecule has 5 atom stereocenters. The van der Waals surface area contributed by atoms with E-state index in [0.717, 1.165) is 42.5 Å². The van der Waals surface area contributed by atoms with Crippen molar-refractivity contribution < 1.29 is 0 Å². The maximum absolute atomic E-state index is 6.64. The van der Waals surface area contributed by atoms with E-state index in [-0.39, 0.29) is 6.04 Å². The topological polar surface area (TPSA) is 46.5 Å². The smallest absolute Gasteiger partial charge is 0.0671 e. The number of aliphatic imine (C=N–C) groups is 1. The summed E-state index contributed by atoms with van der Waals surface area (Å²) in [5, 5.41) is 2.75. The van der Waals surface area contributed by atoms with Gasteiger partial charge in [0.1, 0.15) is 0 Å². The van der Waals surface area contributed by atoms with Crippen molar-refractivity contribution in [3.8, 4) is 5.69 Å². The van der Waals surface area contributed by atoms with Gasteiger partial charge in [0, 0.05) is 39.9 Å². The van der Waals surface area contributed by atoms with Crippen LogP contribution >= 0.6 is 0 Å². The molecular formula is C55H52N4. The molecule has 5 aliphatic rings. The number of hydrogen-bond acceptors (Lipinski definition) is 3. The number of benzene rings is 4. The van der Waals surface area contributed by atoms with E-state index in [0.29, 0.717) is 36.0 Å². The molecule has 0 amide bonds. The molecule has 0 bridgehead atoms. The van der Waals surface area contributed by atoms with Crippen LogP contribution in [0.4, 0.5) is 5.69 Å². The summed E-state index contributed by atoms with van der Waals surface area (Å²) in [4.78, 5) is 7.95. The summed E-state index contributed by atoms with van der Waals surface area (Å²) in [5.41, 5.74) is 19.8. The number of nitrogens with two attached hydrogens (primary N) is 1.